The Kier molecular flexibility index (Phi) is 3.62. The first-order valence-corrected chi connectivity index (χ1v) is 10.6. The number of rotatable bonds is 4. The molecular formula is C11H14IN2O2S-. The summed E-state index contributed by atoms with van der Waals surface area (Å²) in [6.45, 7) is 0. The van der Waals surface area contributed by atoms with E-state index in [9.17, 15) is 8.42 Å². The average Bonchev–Trinajstić information content (AvgIpc) is 2.59. The molecule has 4 nitrogen and oxygen atoms in total. The Balaban J connectivity index is 2.44. The Hall–Kier alpha value is -0.760. The summed E-state index contributed by atoms with van der Waals surface area (Å²) in [4.78, 5) is 5.44. The van der Waals surface area contributed by atoms with E-state index < -0.39 is 10.0 Å². The molecule has 1 aromatic carbocycles. The number of halogens is 1. The van der Waals surface area contributed by atoms with Crippen LogP contribution in [0.1, 0.15) is 5.56 Å². The zero-order valence-corrected chi connectivity index (χ0v) is 12.6. The number of sulfonamides is 1. The summed E-state index contributed by atoms with van der Waals surface area (Å²) in [6, 6.07) is 5.56. The van der Waals surface area contributed by atoms with Crippen LogP contribution in [0.5, 0.6) is 0 Å². The Morgan fingerprint density at radius 3 is 2.82 bits per heavy atom. The quantitative estimate of drug-likeness (QED) is 0.526. The fourth-order valence-electron chi connectivity index (χ4n) is 1.71. The van der Waals surface area contributed by atoms with Gasteiger partial charge in [0.25, 0.3) is 0 Å². The van der Waals surface area contributed by atoms with Crippen LogP contribution in [0.3, 0.4) is 0 Å². The summed E-state index contributed by atoms with van der Waals surface area (Å²) < 4.78 is 25.9. The second-order valence-corrected chi connectivity index (χ2v) is 7.89. The number of H-pyrrole nitrogens is 1. The fourth-order valence-corrected chi connectivity index (χ4v) is 3.72. The Bertz CT molecular complexity index is 634. The molecule has 0 fully saturated rings. The van der Waals surface area contributed by atoms with Crippen LogP contribution in [0.15, 0.2) is 24.4 Å². The number of fused-ring (bicyclic) bond motifs is 1. The van der Waals surface area contributed by atoms with Crippen LogP contribution in [0.4, 0.5) is 5.69 Å². The van der Waals surface area contributed by atoms with Gasteiger partial charge in [-0.2, -0.15) is 0 Å². The number of aromatic amines is 1. The molecule has 94 valence electrons. The topological polar surface area (TPSA) is 62.0 Å². The summed E-state index contributed by atoms with van der Waals surface area (Å²) >= 11 is 0.184. The molecule has 0 bridgehead atoms. The standard InChI is InChI=1S/C11H14IN2O2S/c1-12-6-8-7-13-11-4-3-9(5-10(8)11)14-17(2,15)16/h3-5,7,13-14H,6H2,1-2H3/q-1. The zero-order valence-electron chi connectivity index (χ0n) is 9.62. The first kappa shape index (κ1) is 12.7. The van der Waals surface area contributed by atoms with E-state index in [1.807, 2.05) is 18.3 Å². The Labute approximate surface area is 111 Å². The third-order valence-electron chi connectivity index (χ3n) is 2.35. The molecule has 0 atom stereocenters. The fraction of sp³-hybridized carbons (Fsp3) is 0.273. The van der Waals surface area contributed by atoms with Crippen molar-refractivity contribution in [3.05, 3.63) is 30.0 Å². The third-order valence-corrected chi connectivity index (χ3v) is 4.54. The van der Waals surface area contributed by atoms with E-state index >= 15 is 0 Å². The van der Waals surface area contributed by atoms with Gasteiger partial charge in [-0.25, -0.2) is 0 Å². The van der Waals surface area contributed by atoms with Crippen molar-refractivity contribution < 1.29 is 29.6 Å². The molecule has 1 heterocycles. The summed E-state index contributed by atoms with van der Waals surface area (Å²) in [6.07, 6.45) is 3.17. The first-order chi connectivity index (χ1) is 7.99. The molecule has 0 saturated heterocycles. The van der Waals surface area contributed by atoms with Crippen LogP contribution in [-0.2, 0) is 14.5 Å². The molecule has 2 aromatic rings. The van der Waals surface area contributed by atoms with E-state index in [0.717, 1.165) is 21.6 Å². The molecule has 2 rings (SSSR count). The predicted molar refractivity (Wildman–Crippen MR) is 66.4 cm³/mol. The SMILES string of the molecule is C[I-]Cc1c[nH]c2ccc(NS(C)(=O)=O)cc12. The van der Waals surface area contributed by atoms with Gasteiger partial charge in [-0.15, -0.1) is 0 Å². The van der Waals surface area contributed by atoms with Gasteiger partial charge in [0.05, 0.1) is 0 Å². The predicted octanol–water partition coefficient (Wildman–Crippen LogP) is -1.24. The van der Waals surface area contributed by atoms with Crippen LogP contribution in [0.2, 0.25) is 0 Å². The van der Waals surface area contributed by atoms with Crippen molar-refractivity contribution in [2.24, 2.45) is 0 Å². The van der Waals surface area contributed by atoms with E-state index in [2.05, 4.69) is 14.6 Å². The molecule has 2 N–H and O–H groups in total. The molecule has 1 aromatic heterocycles. The van der Waals surface area contributed by atoms with Gasteiger partial charge in [0.1, 0.15) is 0 Å². The van der Waals surface area contributed by atoms with Crippen molar-refractivity contribution in [1.29, 1.82) is 0 Å². The summed E-state index contributed by atoms with van der Waals surface area (Å²) in [5.74, 6) is 0. The van der Waals surface area contributed by atoms with E-state index in [4.69, 9.17) is 0 Å². The molecule has 0 spiro atoms. The molecule has 17 heavy (non-hydrogen) atoms. The number of alkyl halides is 2. The van der Waals surface area contributed by atoms with E-state index in [0.29, 0.717) is 5.69 Å². The first-order valence-electron chi connectivity index (χ1n) is 5.01. The maximum absolute atomic E-state index is 11.2. The number of hydrogen-bond donors (Lipinski definition) is 2. The molecule has 6 heteroatoms. The van der Waals surface area contributed by atoms with Gasteiger partial charge >= 0.3 is 112 Å². The molecule has 0 aliphatic heterocycles. The molecule has 0 saturated carbocycles. The molecular weight excluding hydrogens is 351 g/mol. The molecule has 0 amide bonds. The van der Waals surface area contributed by atoms with Crippen molar-refractivity contribution in [3.63, 3.8) is 0 Å². The van der Waals surface area contributed by atoms with Gasteiger partial charge in [-0.3, -0.25) is 0 Å². The number of anilines is 1. The molecule has 0 unspecified atom stereocenters. The minimum atomic E-state index is -3.21. The average molecular weight is 365 g/mol. The van der Waals surface area contributed by atoms with Crippen molar-refractivity contribution in [1.82, 2.24) is 4.98 Å². The number of aromatic nitrogens is 1. The van der Waals surface area contributed by atoms with Gasteiger partial charge in [-0.1, -0.05) is 0 Å². The number of benzene rings is 1. The van der Waals surface area contributed by atoms with Crippen LogP contribution in [0, 0.1) is 0 Å². The van der Waals surface area contributed by atoms with Crippen molar-refractivity contribution in [2.75, 3.05) is 15.9 Å². The van der Waals surface area contributed by atoms with E-state index in [-0.39, 0.29) is 21.2 Å². The minimum absolute atomic E-state index is 0.184. The summed E-state index contributed by atoms with van der Waals surface area (Å²) in [5, 5.41) is 1.11. The summed E-state index contributed by atoms with van der Waals surface area (Å²) in [5.41, 5.74) is 2.94. The molecule has 0 aliphatic carbocycles. The van der Waals surface area contributed by atoms with E-state index in [1.165, 1.54) is 5.56 Å². The van der Waals surface area contributed by atoms with Gasteiger partial charge in [0.2, 0.25) is 0 Å². The van der Waals surface area contributed by atoms with Crippen molar-refractivity contribution in [3.8, 4) is 0 Å². The van der Waals surface area contributed by atoms with Crippen molar-refractivity contribution in [2.45, 2.75) is 4.43 Å². The molecule has 0 aliphatic rings. The number of hydrogen-bond acceptors (Lipinski definition) is 2. The second kappa shape index (κ2) is 4.85. The molecule has 0 radical (unpaired) electrons. The van der Waals surface area contributed by atoms with Crippen LogP contribution < -0.4 is 25.9 Å². The monoisotopic (exact) mass is 365 g/mol. The van der Waals surface area contributed by atoms with Gasteiger partial charge < -0.3 is 0 Å². The van der Waals surface area contributed by atoms with Gasteiger partial charge in [0.15, 0.2) is 0 Å². The maximum atomic E-state index is 11.2. The van der Waals surface area contributed by atoms with Gasteiger partial charge in [0, 0.05) is 0 Å². The number of nitrogens with one attached hydrogen (secondary N) is 2. The van der Waals surface area contributed by atoms with Crippen molar-refractivity contribution >= 4 is 26.6 Å². The summed E-state index contributed by atoms with van der Waals surface area (Å²) in [7, 11) is -3.21. The second-order valence-electron chi connectivity index (χ2n) is 3.85. The Morgan fingerprint density at radius 1 is 1.41 bits per heavy atom. The van der Waals surface area contributed by atoms with Gasteiger partial charge in [-0.05, 0) is 0 Å². The zero-order chi connectivity index (χ0) is 12.5. The normalized spacial score (nSPS) is 12.1. The van der Waals surface area contributed by atoms with Crippen LogP contribution in [-0.4, -0.2) is 24.6 Å². The van der Waals surface area contributed by atoms with E-state index in [1.54, 1.807) is 6.07 Å². The van der Waals surface area contributed by atoms with Crippen LogP contribution in [0.25, 0.3) is 10.9 Å². The van der Waals surface area contributed by atoms with Crippen LogP contribution >= 0.6 is 0 Å². The Morgan fingerprint density at radius 2 is 2.18 bits per heavy atom. The third kappa shape index (κ3) is 3.12.